The van der Waals surface area contributed by atoms with E-state index in [1.807, 2.05) is 0 Å². The zero-order valence-corrected chi connectivity index (χ0v) is 25.2. The number of ether oxygens (including phenoxy) is 2. The lowest BCUT2D eigenvalue weighted by Crippen LogP contribution is -2.25. The Morgan fingerprint density at radius 1 is 0.604 bits per heavy atom. The van der Waals surface area contributed by atoms with Crippen LogP contribution in [0.2, 0.25) is 0 Å². The molecule has 12 heteroatoms. The molecule has 0 saturated carbocycles. The number of nitrogens with zero attached hydrogens (tertiary/aromatic N) is 1. The van der Waals surface area contributed by atoms with Crippen LogP contribution < -0.4 is 9.47 Å². The van der Waals surface area contributed by atoms with Crippen molar-refractivity contribution < 1.29 is 49.0 Å². The maximum absolute atomic E-state index is 15.1. The number of pyridine rings is 1. The standard InChI is InChI=1S/C36H26F9NO2/c1-2-3-4-5-21-6-14-32(46-20-21)25-18-30(39)34(31(40)19-25)35(41,42)47-26-11-7-22(8-12-26)23-9-13-27(28(37)16-23)24-10-15-33(29(38)17-24)48-36(43,44)45/h6-20H,2-5H2,1H3. The van der Waals surface area contributed by atoms with Crippen molar-refractivity contribution in [3.05, 3.63) is 126 Å². The lowest BCUT2D eigenvalue weighted by Gasteiger charge is -2.20. The van der Waals surface area contributed by atoms with Crippen molar-refractivity contribution in [3.63, 3.8) is 0 Å². The van der Waals surface area contributed by atoms with Gasteiger partial charge in [-0.25, -0.2) is 17.6 Å². The summed E-state index contributed by atoms with van der Waals surface area (Å²) in [5.74, 6) is -6.78. The first kappa shape index (κ1) is 34.3. The van der Waals surface area contributed by atoms with Crippen molar-refractivity contribution in [2.75, 3.05) is 0 Å². The van der Waals surface area contributed by atoms with Crippen LogP contribution >= 0.6 is 0 Å². The fraction of sp³-hybridized carbons (Fsp3) is 0.194. The van der Waals surface area contributed by atoms with E-state index in [4.69, 9.17) is 0 Å². The highest BCUT2D eigenvalue weighted by atomic mass is 19.4. The molecule has 1 aromatic heterocycles. The van der Waals surface area contributed by atoms with E-state index < -0.39 is 52.8 Å². The molecular weight excluding hydrogens is 649 g/mol. The third-order valence-corrected chi connectivity index (χ3v) is 7.39. The summed E-state index contributed by atoms with van der Waals surface area (Å²) >= 11 is 0. The van der Waals surface area contributed by atoms with Gasteiger partial charge in [-0.3, -0.25) is 4.98 Å². The van der Waals surface area contributed by atoms with Gasteiger partial charge in [0.05, 0.1) is 5.69 Å². The highest BCUT2D eigenvalue weighted by Crippen LogP contribution is 2.38. The van der Waals surface area contributed by atoms with Crippen LogP contribution in [0.25, 0.3) is 33.5 Å². The van der Waals surface area contributed by atoms with Crippen LogP contribution in [0.15, 0.2) is 91.1 Å². The van der Waals surface area contributed by atoms with Crippen LogP contribution in [0.3, 0.4) is 0 Å². The van der Waals surface area contributed by atoms with E-state index in [9.17, 15) is 30.7 Å². The highest BCUT2D eigenvalue weighted by Gasteiger charge is 2.41. The van der Waals surface area contributed by atoms with Gasteiger partial charge in [0, 0.05) is 17.3 Å². The molecule has 0 unspecified atom stereocenters. The molecule has 0 aliphatic rings. The molecular formula is C36H26F9NO2. The topological polar surface area (TPSA) is 31.4 Å². The number of unbranched alkanes of at least 4 members (excludes halogenated alkanes) is 2. The SMILES string of the molecule is CCCCCc1ccc(-c2cc(F)c(C(F)(F)Oc3ccc(-c4ccc(-c5ccc(OC(F)(F)F)c(F)c5)c(F)c4)cc3)c(F)c2)nc1. The Morgan fingerprint density at radius 3 is 1.81 bits per heavy atom. The first-order chi connectivity index (χ1) is 22.7. The lowest BCUT2D eigenvalue weighted by atomic mass is 9.99. The van der Waals surface area contributed by atoms with Gasteiger partial charge in [-0.05, 0) is 83.6 Å². The van der Waals surface area contributed by atoms with Gasteiger partial charge in [-0.1, -0.05) is 56.2 Å². The van der Waals surface area contributed by atoms with Crippen molar-refractivity contribution in [1.29, 1.82) is 0 Å². The monoisotopic (exact) mass is 675 g/mol. The Hall–Kier alpha value is -5.00. The zero-order valence-electron chi connectivity index (χ0n) is 25.2. The smallest absolute Gasteiger partial charge is 0.429 e. The first-order valence-electron chi connectivity index (χ1n) is 14.7. The number of alkyl halides is 5. The summed E-state index contributed by atoms with van der Waals surface area (Å²) < 4.78 is 135. The highest BCUT2D eigenvalue weighted by molar-refractivity contribution is 5.72. The van der Waals surface area contributed by atoms with Crippen molar-refractivity contribution >= 4 is 0 Å². The van der Waals surface area contributed by atoms with Crippen molar-refractivity contribution in [2.45, 2.75) is 45.1 Å². The molecule has 0 atom stereocenters. The molecule has 0 aliphatic heterocycles. The molecule has 1 heterocycles. The largest absolute Gasteiger partial charge is 0.573 e. The van der Waals surface area contributed by atoms with Crippen molar-refractivity contribution in [3.8, 4) is 45.0 Å². The van der Waals surface area contributed by atoms with Crippen LogP contribution in [-0.4, -0.2) is 11.3 Å². The van der Waals surface area contributed by atoms with Gasteiger partial charge < -0.3 is 9.47 Å². The fourth-order valence-corrected chi connectivity index (χ4v) is 5.04. The van der Waals surface area contributed by atoms with Crippen molar-refractivity contribution in [2.24, 2.45) is 0 Å². The van der Waals surface area contributed by atoms with Crippen LogP contribution in [0, 0.1) is 23.3 Å². The average molecular weight is 676 g/mol. The molecule has 0 radical (unpaired) electrons. The minimum Gasteiger partial charge on any atom is -0.429 e. The molecule has 48 heavy (non-hydrogen) atoms. The molecule has 4 aromatic carbocycles. The van der Waals surface area contributed by atoms with E-state index in [-0.39, 0.29) is 27.9 Å². The number of hydrogen-bond donors (Lipinski definition) is 0. The second kappa shape index (κ2) is 14.0. The molecule has 0 fully saturated rings. The van der Waals surface area contributed by atoms with Gasteiger partial charge in [0.1, 0.15) is 28.8 Å². The van der Waals surface area contributed by atoms with E-state index in [1.165, 1.54) is 24.3 Å². The van der Waals surface area contributed by atoms with Crippen LogP contribution in [0.1, 0.15) is 37.3 Å². The summed E-state index contributed by atoms with van der Waals surface area (Å²) in [5.41, 5.74) is -0.0320. The van der Waals surface area contributed by atoms with Crippen LogP contribution in [0.4, 0.5) is 39.5 Å². The predicted molar refractivity (Wildman–Crippen MR) is 161 cm³/mol. The minimum absolute atomic E-state index is 0.0233. The van der Waals surface area contributed by atoms with Gasteiger partial charge in [-0.2, -0.15) is 8.78 Å². The summed E-state index contributed by atoms with van der Waals surface area (Å²) in [6, 6.07) is 15.8. The average Bonchev–Trinajstić information content (AvgIpc) is 3.01. The Bertz CT molecular complexity index is 1870. The van der Waals surface area contributed by atoms with Crippen molar-refractivity contribution in [1.82, 2.24) is 4.98 Å². The summed E-state index contributed by atoms with van der Waals surface area (Å²) in [6.07, 6.45) is -4.07. The summed E-state index contributed by atoms with van der Waals surface area (Å²) in [6.45, 7) is 2.08. The second-order valence-electron chi connectivity index (χ2n) is 10.9. The molecule has 0 amide bonds. The molecule has 0 N–H and O–H groups in total. The minimum atomic E-state index is -5.11. The normalized spacial score (nSPS) is 11.9. The number of rotatable bonds is 11. The molecule has 5 rings (SSSR count). The maximum atomic E-state index is 15.1. The van der Waals surface area contributed by atoms with E-state index >= 15 is 8.78 Å². The third-order valence-electron chi connectivity index (χ3n) is 7.39. The maximum Gasteiger partial charge on any atom is 0.573 e. The van der Waals surface area contributed by atoms with Gasteiger partial charge in [-0.15, -0.1) is 13.2 Å². The Balaban J connectivity index is 1.29. The molecule has 0 spiro atoms. The number of benzene rings is 4. The first-order valence-corrected chi connectivity index (χ1v) is 14.7. The Labute approximate surface area is 269 Å². The van der Waals surface area contributed by atoms with E-state index in [0.717, 1.165) is 73.7 Å². The summed E-state index contributed by atoms with van der Waals surface area (Å²) in [5, 5.41) is 0. The summed E-state index contributed by atoms with van der Waals surface area (Å²) in [7, 11) is 0. The molecule has 250 valence electrons. The second-order valence-corrected chi connectivity index (χ2v) is 10.9. The van der Waals surface area contributed by atoms with Gasteiger partial charge in [0.15, 0.2) is 11.6 Å². The van der Waals surface area contributed by atoms with Gasteiger partial charge >= 0.3 is 12.5 Å². The number of aromatic nitrogens is 1. The van der Waals surface area contributed by atoms with E-state index in [2.05, 4.69) is 21.4 Å². The Morgan fingerprint density at radius 2 is 1.23 bits per heavy atom. The molecule has 0 bridgehead atoms. The van der Waals surface area contributed by atoms with Gasteiger partial charge in [0.2, 0.25) is 0 Å². The van der Waals surface area contributed by atoms with E-state index in [1.54, 1.807) is 18.3 Å². The quantitative estimate of drug-likeness (QED) is 0.103. The number of halogens is 9. The molecule has 0 saturated heterocycles. The molecule has 3 nitrogen and oxygen atoms in total. The summed E-state index contributed by atoms with van der Waals surface area (Å²) in [4.78, 5) is 4.22. The molecule has 5 aromatic rings. The number of aryl methyl sites for hydroxylation is 1. The van der Waals surface area contributed by atoms with Crippen LogP contribution in [-0.2, 0) is 12.5 Å². The predicted octanol–water partition coefficient (Wildman–Crippen LogP) is 11.4. The van der Waals surface area contributed by atoms with Crippen LogP contribution in [0.5, 0.6) is 11.5 Å². The Kier molecular flexibility index (Phi) is 10.0. The third kappa shape index (κ3) is 8.10. The molecule has 0 aliphatic carbocycles. The van der Waals surface area contributed by atoms with Gasteiger partial charge in [0.25, 0.3) is 0 Å². The number of hydrogen-bond acceptors (Lipinski definition) is 3. The fourth-order valence-electron chi connectivity index (χ4n) is 5.04. The van der Waals surface area contributed by atoms with E-state index in [0.29, 0.717) is 11.6 Å². The lowest BCUT2D eigenvalue weighted by molar-refractivity contribution is -0.275. The zero-order chi connectivity index (χ0) is 34.6.